The van der Waals surface area contributed by atoms with E-state index in [2.05, 4.69) is 0 Å². The van der Waals surface area contributed by atoms with Crippen LogP contribution >= 0.6 is 0 Å². The SMILES string of the molecule is CCC(C)N(Cc1cccc(OS(C)(=O)=O)c1)C(=O)C(C)(C)C. The molecule has 0 aliphatic heterocycles. The van der Waals surface area contributed by atoms with E-state index < -0.39 is 15.5 Å². The van der Waals surface area contributed by atoms with Gasteiger partial charge in [-0.25, -0.2) is 0 Å². The topological polar surface area (TPSA) is 63.7 Å². The van der Waals surface area contributed by atoms with Crippen molar-refractivity contribution in [2.24, 2.45) is 5.41 Å². The lowest BCUT2D eigenvalue weighted by molar-refractivity contribution is -0.142. The maximum atomic E-state index is 12.7. The lowest BCUT2D eigenvalue weighted by atomic mass is 9.93. The van der Waals surface area contributed by atoms with E-state index in [1.165, 1.54) is 0 Å². The summed E-state index contributed by atoms with van der Waals surface area (Å²) in [5, 5.41) is 0. The number of carbonyl (C=O) groups is 1. The van der Waals surface area contributed by atoms with E-state index in [0.717, 1.165) is 18.2 Å². The Balaban J connectivity index is 3.05. The summed E-state index contributed by atoms with van der Waals surface area (Å²) in [4.78, 5) is 14.5. The standard InChI is InChI=1S/C17H27NO4S/c1-7-13(2)18(16(19)17(3,4)5)12-14-9-8-10-15(11-14)22-23(6,20)21/h8-11,13H,7,12H2,1-6H3. The fourth-order valence-electron chi connectivity index (χ4n) is 2.15. The summed E-state index contributed by atoms with van der Waals surface area (Å²) in [6.07, 6.45) is 1.86. The molecule has 5 nitrogen and oxygen atoms in total. The average molecular weight is 341 g/mol. The van der Waals surface area contributed by atoms with Crippen LogP contribution in [0.15, 0.2) is 24.3 Å². The maximum absolute atomic E-state index is 12.7. The van der Waals surface area contributed by atoms with E-state index in [-0.39, 0.29) is 17.7 Å². The molecule has 6 heteroatoms. The fourth-order valence-corrected chi connectivity index (χ4v) is 2.60. The summed E-state index contributed by atoms with van der Waals surface area (Å²) in [7, 11) is -3.56. The molecule has 0 saturated heterocycles. The van der Waals surface area contributed by atoms with E-state index in [1.54, 1.807) is 18.2 Å². The van der Waals surface area contributed by atoms with Crippen molar-refractivity contribution in [3.05, 3.63) is 29.8 Å². The van der Waals surface area contributed by atoms with Crippen LogP contribution in [0.2, 0.25) is 0 Å². The van der Waals surface area contributed by atoms with Crippen LogP contribution in [0, 0.1) is 5.41 Å². The van der Waals surface area contributed by atoms with Gasteiger partial charge in [0.2, 0.25) is 5.91 Å². The molecule has 0 saturated carbocycles. The highest BCUT2D eigenvalue weighted by Gasteiger charge is 2.29. The lowest BCUT2D eigenvalue weighted by Crippen LogP contribution is -2.44. The van der Waals surface area contributed by atoms with Crippen molar-refractivity contribution < 1.29 is 17.4 Å². The highest BCUT2D eigenvalue weighted by Crippen LogP contribution is 2.23. The first-order chi connectivity index (χ1) is 10.4. The molecule has 1 rings (SSSR count). The van der Waals surface area contributed by atoms with E-state index in [0.29, 0.717) is 6.54 Å². The third kappa shape index (κ3) is 6.22. The van der Waals surface area contributed by atoms with Crippen molar-refractivity contribution in [2.75, 3.05) is 6.26 Å². The Morgan fingerprint density at radius 2 is 1.91 bits per heavy atom. The van der Waals surface area contributed by atoms with Gasteiger partial charge in [0, 0.05) is 18.0 Å². The van der Waals surface area contributed by atoms with Crippen LogP contribution in [0.3, 0.4) is 0 Å². The van der Waals surface area contributed by atoms with Gasteiger partial charge in [-0.1, -0.05) is 39.8 Å². The molecule has 0 aromatic heterocycles. The first-order valence-electron chi connectivity index (χ1n) is 7.73. The van der Waals surface area contributed by atoms with Crippen LogP contribution in [-0.2, 0) is 21.5 Å². The molecule has 0 bridgehead atoms. The van der Waals surface area contributed by atoms with Crippen LogP contribution in [0.5, 0.6) is 5.75 Å². The molecule has 0 N–H and O–H groups in total. The van der Waals surface area contributed by atoms with Gasteiger partial charge in [0.1, 0.15) is 5.75 Å². The van der Waals surface area contributed by atoms with E-state index in [9.17, 15) is 13.2 Å². The number of nitrogens with zero attached hydrogens (tertiary/aromatic N) is 1. The molecule has 0 aliphatic carbocycles. The predicted octanol–water partition coefficient (Wildman–Crippen LogP) is 3.20. The Bertz CT molecular complexity index is 647. The molecule has 1 aromatic carbocycles. The molecule has 0 radical (unpaired) electrons. The van der Waals surface area contributed by atoms with Gasteiger partial charge in [-0.2, -0.15) is 8.42 Å². The van der Waals surface area contributed by atoms with Crippen LogP contribution in [0.1, 0.15) is 46.6 Å². The predicted molar refractivity (Wildman–Crippen MR) is 91.7 cm³/mol. The van der Waals surface area contributed by atoms with Crippen molar-refractivity contribution in [3.8, 4) is 5.75 Å². The second-order valence-corrected chi connectivity index (χ2v) is 8.45. The summed E-state index contributed by atoms with van der Waals surface area (Å²) in [6.45, 7) is 10.2. The molecule has 1 unspecified atom stereocenters. The molecule has 23 heavy (non-hydrogen) atoms. The highest BCUT2D eigenvalue weighted by atomic mass is 32.2. The summed E-state index contributed by atoms with van der Waals surface area (Å²) in [5.74, 6) is 0.332. The monoisotopic (exact) mass is 341 g/mol. The Labute approximate surface area is 139 Å². The minimum atomic E-state index is -3.56. The number of rotatable bonds is 6. The van der Waals surface area contributed by atoms with E-state index in [1.807, 2.05) is 45.6 Å². The third-order valence-corrected chi connectivity index (χ3v) is 4.02. The van der Waals surface area contributed by atoms with Gasteiger partial charge in [0.05, 0.1) is 6.26 Å². The number of hydrogen-bond donors (Lipinski definition) is 0. The number of hydrogen-bond acceptors (Lipinski definition) is 4. The van der Waals surface area contributed by atoms with Crippen molar-refractivity contribution in [3.63, 3.8) is 0 Å². The zero-order valence-corrected chi connectivity index (χ0v) is 15.6. The molecule has 1 aromatic rings. The van der Waals surface area contributed by atoms with Crippen LogP contribution < -0.4 is 4.18 Å². The third-order valence-electron chi connectivity index (χ3n) is 3.52. The normalized spacial score (nSPS) is 13.5. The second-order valence-electron chi connectivity index (χ2n) is 6.88. The van der Waals surface area contributed by atoms with Gasteiger partial charge in [-0.05, 0) is 31.0 Å². The van der Waals surface area contributed by atoms with Crippen LogP contribution in [-0.4, -0.2) is 31.5 Å². The van der Waals surface area contributed by atoms with Gasteiger partial charge in [0.15, 0.2) is 0 Å². The molecule has 0 heterocycles. The van der Waals surface area contributed by atoms with Crippen LogP contribution in [0.25, 0.3) is 0 Å². The van der Waals surface area contributed by atoms with E-state index in [4.69, 9.17) is 4.18 Å². The molecular formula is C17H27NO4S. The molecule has 0 aliphatic rings. The summed E-state index contributed by atoms with van der Waals surface area (Å²) < 4.78 is 27.4. The minimum Gasteiger partial charge on any atom is -0.383 e. The molecule has 1 atom stereocenters. The first kappa shape index (κ1) is 19.5. The van der Waals surface area contributed by atoms with Gasteiger partial charge in [-0.3, -0.25) is 4.79 Å². The molecule has 0 spiro atoms. The number of carbonyl (C=O) groups excluding carboxylic acids is 1. The van der Waals surface area contributed by atoms with Crippen molar-refractivity contribution >= 4 is 16.0 Å². The first-order valence-corrected chi connectivity index (χ1v) is 9.55. The number of amides is 1. The Morgan fingerprint density at radius 3 is 2.39 bits per heavy atom. The van der Waals surface area contributed by atoms with Crippen LogP contribution in [0.4, 0.5) is 0 Å². The molecule has 1 amide bonds. The van der Waals surface area contributed by atoms with Gasteiger partial charge in [-0.15, -0.1) is 0 Å². The average Bonchev–Trinajstić information content (AvgIpc) is 2.40. The Kier molecular flexibility index (Phi) is 6.22. The summed E-state index contributed by atoms with van der Waals surface area (Å²) in [5.41, 5.74) is 0.369. The summed E-state index contributed by atoms with van der Waals surface area (Å²) in [6, 6.07) is 6.93. The van der Waals surface area contributed by atoms with E-state index >= 15 is 0 Å². The molecule has 130 valence electrons. The van der Waals surface area contributed by atoms with Crippen molar-refractivity contribution in [1.82, 2.24) is 4.90 Å². The minimum absolute atomic E-state index is 0.0706. The van der Waals surface area contributed by atoms with Gasteiger partial charge >= 0.3 is 10.1 Å². The Hall–Kier alpha value is -1.56. The Morgan fingerprint density at radius 1 is 1.30 bits per heavy atom. The summed E-state index contributed by atoms with van der Waals surface area (Å²) >= 11 is 0. The second kappa shape index (κ2) is 7.34. The molecular weight excluding hydrogens is 314 g/mol. The quantitative estimate of drug-likeness (QED) is 0.745. The lowest BCUT2D eigenvalue weighted by Gasteiger charge is -2.34. The zero-order valence-electron chi connectivity index (χ0n) is 14.8. The van der Waals surface area contributed by atoms with Crippen molar-refractivity contribution in [1.29, 1.82) is 0 Å². The largest absolute Gasteiger partial charge is 0.383 e. The maximum Gasteiger partial charge on any atom is 0.306 e. The smallest absolute Gasteiger partial charge is 0.306 e. The highest BCUT2D eigenvalue weighted by molar-refractivity contribution is 7.86. The molecule has 0 fully saturated rings. The fraction of sp³-hybridized carbons (Fsp3) is 0.588. The zero-order chi connectivity index (χ0) is 17.8. The number of benzene rings is 1. The van der Waals surface area contributed by atoms with Gasteiger partial charge < -0.3 is 9.08 Å². The van der Waals surface area contributed by atoms with Gasteiger partial charge in [0.25, 0.3) is 0 Å². The van der Waals surface area contributed by atoms with Crippen molar-refractivity contribution in [2.45, 2.75) is 53.6 Å².